The molecule has 9 heteroatoms. The van der Waals surface area contributed by atoms with Crippen LogP contribution in [-0.4, -0.2) is 45.5 Å². The fraction of sp³-hybridized carbons (Fsp3) is 0.194. The summed E-state index contributed by atoms with van der Waals surface area (Å²) in [5, 5.41) is 8.78. The van der Waals surface area contributed by atoms with Gasteiger partial charge in [0.15, 0.2) is 23.4 Å². The van der Waals surface area contributed by atoms with E-state index in [-0.39, 0.29) is 35.8 Å². The molecule has 6 rings (SSSR count). The molecule has 3 atom stereocenters. The van der Waals surface area contributed by atoms with Crippen LogP contribution in [0.15, 0.2) is 120 Å². The Morgan fingerprint density at radius 2 is 1.49 bits per heavy atom. The molecule has 1 amide bonds. The predicted molar refractivity (Wildman–Crippen MR) is 171 cm³/mol. The topological polar surface area (TPSA) is 119 Å². The van der Waals surface area contributed by atoms with E-state index in [4.69, 9.17) is 15.2 Å². The van der Waals surface area contributed by atoms with Gasteiger partial charge in [0.1, 0.15) is 17.0 Å². The number of nitrogens with two attached hydrogens (primary N) is 1. The molecular formula is C36H32N2O6S. The Bertz CT molecular complexity index is 1710. The molecule has 0 spiro atoms. The van der Waals surface area contributed by atoms with Gasteiger partial charge in [-0.25, -0.2) is 4.79 Å². The van der Waals surface area contributed by atoms with Crippen molar-refractivity contribution in [3.63, 3.8) is 0 Å². The van der Waals surface area contributed by atoms with Crippen LogP contribution in [0.5, 0.6) is 11.5 Å². The molecule has 0 saturated carbocycles. The summed E-state index contributed by atoms with van der Waals surface area (Å²) in [6.07, 6.45) is -0.459. The number of ether oxygens (including phenoxy) is 2. The minimum Gasteiger partial charge on any atom is -0.504 e. The van der Waals surface area contributed by atoms with Gasteiger partial charge in [-0.05, 0) is 46.4 Å². The van der Waals surface area contributed by atoms with Crippen LogP contribution in [-0.2, 0) is 32.0 Å². The molecule has 4 aromatic carbocycles. The zero-order valence-corrected chi connectivity index (χ0v) is 25.4. The number of carbonyl (C=O) groups is 3. The number of Topliss-reactive ketones (excluding diaryl/α,β-unsaturated/α-hetero) is 1. The zero-order valence-electron chi connectivity index (χ0n) is 24.5. The Morgan fingerprint density at radius 3 is 2.09 bits per heavy atom. The minimum absolute atomic E-state index is 0.0245. The van der Waals surface area contributed by atoms with Crippen LogP contribution in [0.4, 0.5) is 0 Å². The fourth-order valence-electron chi connectivity index (χ4n) is 5.78. The van der Waals surface area contributed by atoms with Gasteiger partial charge in [-0.3, -0.25) is 14.5 Å². The summed E-state index contributed by atoms with van der Waals surface area (Å²) in [7, 11) is 1.45. The summed E-state index contributed by atoms with van der Waals surface area (Å²) in [6.45, 7) is 0. The molecule has 1 saturated heterocycles. The van der Waals surface area contributed by atoms with Crippen LogP contribution in [0.2, 0.25) is 0 Å². The van der Waals surface area contributed by atoms with E-state index in [1.54, 1.807) is 12.1 Å². The van der Waals surface area contributed by atoms with Crippen LogP contribution < -0.4 is 10.5 Å². The number of hydrogen-bond donors (Lipinski definition) is 2. The molecule has 228 valence electrons. The van der Waals surface area contributed by atoms with Crippen LogP contribution >= 0.6 is 11.8 Å². The molecular weight excluding hydrogens is 588 g/mol. The number of phenols is 1. The summed E-state index contributed by atoms with van der Waals surface area (Å²) >= 11 is 1.28. The highest BCUT2D eigenvalue weighted by molar-refractivity contribution is 8.00. The number of aromatic hydroxyl groups is 1. The lowest BCUT2D eigenvalue weighted by atomic mass is 9.87. The lowest BCUT2D eigenvalue weighted by Crippen LogP contribution is -2.65. The van der Waals surface area contributed by atoms with Crippen LogP contribution in [0.3, 0.4) is 0 Å². The zero-order chi connectivity index (χ0) is 31.5. The van der Waals surface area contributed by atoms with Crippen molar-refractivity contribution >= 4 is 29.4 Å². The van der Waals surface area contributed by atoms with Gasteiger partial charge in [0.25, 0.3) is 0 Å². The Morgan fingerprint density at radius 1 is 0.889 bits per heavy atom. The maximum Gasteiger partial charge on any atom is 0.356 e. The van der Waals surface area contributed by atoms with Crippen molar-refractivity contribution in [2.75, 3.05) is 7.11 Å². The Kier molecular flexibility index (Phi) is 8.73. The molecule has 1 fully saturated rings. The van der Waals surface area contributed by atoms with Crippen molar-refractivity contribution in [2.24, 2.45) is 11.7 Å². The first-order valence-electron chi connectivity index (χ1n) is 14.6. The smallest absolute Gasteiger partial charge is 0.356 e. The molecule has 2 heterocycles. The van der Waals surface area contributed by atoms with E-state index in [9.17, 15) is 19.5 Å². The molecule has 45 heavy (non-hydrogen) atoms. The van der Waals surface area contributed by atoms with Crippen molar-refractivity contribution in [1.82, 2.24) is 4.90 Å². The molecule has 2 aliphatic rings. The number of fused-ring (bicyclic) bond motifs is 1. The number of benzene rings is 4. The van der Waals surface area contributed by atoms with Gasteiger partial charge >= 0.3 is 5.97 Å². The number of phenolic OH excluding ortho intramolecular Hbond substituents is 1. The van der Waals surface area contributed by atoms with Gasteiger partial charge in [0.2, 0.25) is 5.91 Å². The van der Waals surface area contributed by atoms with Crippen molar-refractivity contribution in [2.45, 2.75) is 29.7 Å². The summed E-state index contributed by atoms with van der Waals surface area (Å²) in [5.74, 6) is -2.08. The molecule has 0 aliphatic carbocycles. The first-order chi connectivity index (χ1) is 21.9. The number of rotatable bonds is 10. The summed E-state index contributed by atoms with van der Waals surface area (Å²) in [5.41, 5.74) is 10.3. The number of β-lactam (4-membered cyclic amide) rings is 1. The van der Waals surface area contributed by atoms with Crippen molar-refractivity contribution < 1.29 is 29.0 Å². The van der Waals surface area contributed by atoms with E-state index < -0.39 is 34.6 Å². The van der Waals surface area contributed by atoms with Crippen molar-refractivity contribution in [3.05, 3.63) is 143 Å². The van der Waals surface area contributed by atoms with Gasteiger partial charge in [-0.2, -0.15) is 0 Å². The molecule has 8 nitrogen and oxygen atoms in total. The minimum atomic E-state index is -0.932. The molecule has 0 radical (unpaired) electrons. The second-order valence-corrected chi connectivity index (χ2v) is 12.2. The van der Waals surface area contributed by atoms with E-state index in [0.717, 1.165) is 16.7 Å². The van der Waals surface area contributed by atoms with Gasteiger partial charge in [-0.1, -0.05) is 97.1 Å². The van der Waals surface area contributed by atoms with E-state index in [1.807, 2.05) is 91.0 Å². The highest BCUT2D eigenvalue weighted by Gasteiger charge is 2.58. The molecule has 3 N–H and O–H groups in total. The van der Waals surface area contributed by atoms with E-state index >= 15 is 0 Å². The number of esters is 1. The maximum absolute atomic E-state index is 14.3. The van der Waals surface area contributed by atoms with Crippen LogP contribution in [0.1, 0.15) is 28.4 Å². The van der Waals surface area contributed by atoms with Crippen molar-refractivity contribution in [1.29, 1.82) is 0 Å². The number of amides is 1. The number of methoxy groups -OCH3 is 1. The maximum atomic E-state index is 14.3. The third kappa shape index (κ3) is 6.09. The number of thioether (sulfide) groups is 1. The first-order valence-corrected chi connectivity index (χ1v) is 15.5. The molecule has 0 aromatic heterocycles. The molecule has 2 aliphatic heterocycles. The van der Waals surface area contributed by atoms with Gasteiger partial charge in [0.05, 0.1) is 12.5 Å². The highest BCUT2D eigenvalue weighted by Crippen LogP contribution is 2.48. The molecule has 1 unspecified atom stereocenters. The second kappa shape index (κ2) is 13.0. The first kappa shape index (κ1) is 30.2. The number of ketones is 1. The van der Waals surface area contributed by atoms with Crippen molar-refractivity contribution in [3.8, 4) is 11.5 Å². The van der Waals surface area contributed by atoms with Gasteiger partial charge in [-0.15, -0.1) is 11.8 Å². The number of carbonyl (C=O) groups excluding carboxylic acids is 3. The summed E-state index contributed by atoms with van der Waals surface area (Å²) in [6, 6.07) is 32.9. The Balaban J connectivity index is 1.38. The third-order valence-corrected chi connectivity index (χ3v) is 9.39. The lowest BCUT2D eigenvalue weighted by molar-refractivity contribution is -0.159. The quantitative estimate of drug-likeness (QED) is 0.142. The van der Waals surface area contributed by atoms with E-state index in [0.29, 0.717) is 11.1 Å². The lowest BCUT2D eigenvalue weighted by Gasteiger charge is -2.50. The molecule has 0 bridgehead atoms. The Hall–Kier alpha value is -4.86. The highest BCUT2D eigenvalue weighted by atomic mass is 32.2. The Labute approximate surface area is 265 Å². The summed E-state index contributed by atoms with van der Waals surface area (Å²) in [4.78, 5) is 42.8. The third-order valence-electron chi connectivity index (χ3n) is 8.05. The normalized spacial score (nSPS) is 19.1. The number of nitrogens with zero attached hydrogens (tertiary/aromatic N) is 1. The predicted octanol–water partition coefficient (Wildman–Crippen LogP) is 5.16. The fourth-order valence-corrected chi connectivity index (χ4v) is 7.20. The SMILES string of the molecule is COc1cc(CC2=C(C(=O)OC(c3ccccc3)c3ccccc3)N3C(=O)[C@@H](C(=O)Cc4ccccc4)[C@H]3SC2N)ccc1O. The second-order valence-electron chi connectivity index (χ2n) is 10.9. The van der Waals surface area contributed by atoms with E-state index in [1.165, 1.54) is 29.8 Å². The van der Waals surface area contributed by atoms with Crippen LogP contribution in [0, 0.1) is 5.92 Å². The van der Waals surface area contributed by atoms with E-state index in [2.05, 4.69) is 0 Å². The largest absolute Gasteiger partial charge is 0.504 e. The number of hydrogen-bond acceptors (Lipinski definition) is 8. The van der Waals surface area contributed by atoms with Gasteiger partial charge < -0.3 is 20.3 Å². The monoisotopic (exact) mass is 620 g/mol. The standard InChI is InChI=1S/C36H32N2O6S/c1-43-29-21-23(17-18-27(29)39)19-26-31(36(42)44-32(24-13-7-3-8-14-24)25-15-9-4-10-16-25)38-34(41)30(35(38)45-33(26)37)28(40)20-22-11-5-2-6-12-22/h2-18,21,30,32-33,35,39H,19-20,37H2,1H3/t30-,33?,35-/m1/s1. The van der Waals surface area contributed by atoms with Gasteiger partial charge in [0, 0.05) is 6.42 Å². The van der Waals surface area contributed by atoms with Crippen LogP contribution in [0.25, 0.3) is 0 Å². The average Bonchev–Trinajstić information content (AvgIpc) is 3.06. The average molecular weight is 621 g/mol. The molecule has 4 aromatic rings. The summed E-state index contributed by atoms with van der Waals surface area (Å²) < 4.78 is 11.5.